The average Bonchev–Trinajstić information content (AvgIpc) is 3.60. The SMILES string of the molecule is O=C(NCCO)C1=C[C@@H](N(C(=O)C2CC2)C2CCCCC2)[C@H](O)[C@H]2Oc3ccccc3[C@@H]12. The highest BCUT2D eigenvalue weighted by Gasteiger charge is 2.52. The van der Waals surface area contributed by atoms with Gasteiger partial charge in [-0.2, -0.15) is 0 Å². The maximum absolute atomic E-state index is 13.4. The lowest BCUT2D eigenvalue weighted by Gasteiger charge is -2.45. The topological polar surface area (TPSA) is 99.1 Å². The number of carbonyl (C=O) groups excluding carboxylic acids is 2. The fourth-order valence-corrected chi connectivity index (χ4v) is 5.63. The van der Waals surface area contributed by atoms with Gasteiger partial charge in [0.2, 0.25) is 11.8 Å². The highest BCUT2D eigenvalue weighted by atomic mass is 16.5. The summed E-state index contributed by atoms with van der Waals surface area (Å²) >= 11 is 0. The zero-order valence-electron chi connectivity index (χ0n) is 18.3. The molecule has 0 spiro atoms. The smallest absolute Gasteiger partial charge is 0.247 e. The van der Waals surface area contributed by atoms with E-state index < -0.39 is 24.2 Å². The molecule has 0 saturated heterocycles. The lowest BCUT2D eigenvalue weighted by Crippen LogP contribution is -2.59. The molecule has 3 N–H and O–H groups in total. The Morgan fingerprint density at radius 2 is 1.84 bits per heavy atom. The summed E-state index contributed by atoms with van der Waals surface area (Å²) < 4.78 is 6.17. The Morgan fingerprint density at radius 3 is 2.56 bits per heavy atom. The average molecular weight is 441 g/mol. The van der Waals surface area contributed by atoms with Crippen molar-refractivity contribution in [2.45, 2.75) is 75.2 Å². The molecule has 1 aromatic carbocycles. The van der Waals surface area contributed by atoms with E-state index in [9.17, 15) is 19.8 Å². The fraction of sp³-hybridized carbons (Fsp3) is 0.600. The number of fused-ring (bicyclic) bond motifs is 3. The number of para-hydroxylation sites is 1. The molecule has 0 bridgehead atoms. The van der Waals surface area contributed by atoms with Crippen molar-refractivity contribution < 1.29 is 24.5 Å². The number of aliphatic hydroxyl groups is 2. The van der Waals surface area contributed by atoms with Gasteiger partial charge in [0.1, 0.15) is 18.0 Å². The second-order valence-corrected chi connectivity index (χ2v) is 9.49. The van der Waals surface area contributed by atoms with Gasteiger partial charge >= 0.3 is 0 Å². The maximum Gasteiger partial charge on any atom is 0.247 e. The van der Waals surface area contributed by atoms with Crippen LogP contribution in [0.25, 0.3) is 0 Å². The standard InChI is InChI=1S/C25H32N2O5/c28-13-12-26-24(30)18-14-19(22(29)23-21(18)17-8-4-5-9-20(17)32-23)27(25(31)15-10-11-15)16-6-2-1-3-7-16/h4-5,8-9,14-16,19,21-23,28-29H,1-3,6-7,10-13H2,(H,26,30)/t19-,21+,22+,23+/m1/s1. The van der Waals surface area contributed by atoms with Gasteiger partial charge in [0.15, 0.2) is 0 Å². The molecule has 1 heterocycles. The van der Waals surface area contributed by atoms with E-state index in [2.05, 4.69) is 5.32 Å². The van der Waals surface area contributed by atoms with E-state index in [0.717, 1.165) is 44.1 Å². The molecular weight excluding hydrogens is 408 g/mol. The van der Waals surface area contributed by atoms with Crippen LogP contribution in [-0.4, -0.2) is 64.4 Å². The van der Waals surface area contributed by atoms with Crippen LogP contribution in [0, 0.1) is 5.92 Å². The van der Waals surface area contributed by atoms with Gasteiger partial charge in [-0.1, -0.05) is 37.5 Å². The number of rotatable bonds is 6. The number of nitrogens with zero attached hydrogens (tertiary/aromatic N) is 1. The number of aliphatic hydroxyl groups excluding tert-OH is 2. The Labute approximate surface area is 188 Å². The van der Waals surface area contributed by atoms with Gasteiger partial charge in [0, 0.05) is 29.6 Å². The predicted octanol–water partition coefficient (Wildman–Crippen LogP) is 1.88. The number of ether oxygens (including phenoxy) is 1. The first kappa shape index (κ1) is 21.5. The fourth-order valence-electron chi connectivity index (χ4n) is 5.63. The summed E-state index contributed by atoms with van der Waals surface area (Å²) in [5.74, 6) is 0.111. The minimum atomic E-state index is -0.925. The molecule has 5 rings (SSSR count). The molecule has 2 amide bonds. The van der Waals surface area contributed by atoms with Crippen LogP contribution in [-0.2, 0) is 9.59 Å². The summed E-state index contributed by atoms with van der Waals surface area (Å²) in [6, 6.07) is 7.03. The molecule has 0 radical (unpaired) electrons. The normalized spacial score (nSPS) is 29.4. The van der Waals surface area contributed by atoms with E-state index >= 15 is 0 Å². The molecule has 3 aliphatic carbocycles. The molecule has 7 heteroatoms. The number of carbonyl (C=O) groups is 2. The van der Waals surface area contributed by atoms with Gasteiger partial charge in [-0.05, 0) is 37.8 Å². The lowest BCUT2D eigenvalue weighted by molar-refractivity contribution is -0.142. The van der Waals surface area contributed by atoms with Gasteiger partial charge in [-0.15, -0.1) is 0 Å². The summed E-state index contributed by atoms with van der Waals surface area (Å²) in [4.78, 5) is 28.5. The monoisotopic (exact) mass is 440 g/mol. The Balaban J connectivity index is 1.54. The molecule has 4 aliphatic rings. The molecule has 0 aromatic heterocycles. The van der Waals surface area contributed by atoms with Gasteiger partial charge < -0.3 is 25.2 Å². The van der Waals surface area contributed by atoms with Crippen molar-refractivity contribution in [1.82, 2.24) is 10.2 Å². The number of benzene rings is 1. The summed E-state index contributed by atoms with van der Waals surface area (Å²) in [6.45, 7) is -0.00273. The molecule has 2 fully saturated rings. The third-order valence-electron chi connectivity index (χ3n) is 7.35. The van der Waals surface area contributed by atoms with Crippen LogP contribution >= 0.6 is 0 Å². The molecule has 1 aliphatic heterocycles. The first-order chi connectivity index (χ1) is 15.6. The van der Waals surface area contributed by atoms with E-state index in [1.165, 1.54) is 6.42 Å². The van der Waals surface area contributed by atoms with Crippen LogP contribution in [0.4, 0.5) is 0 Å². The highest BCUT2D eigenvalue weighted by Crippen LogP contribution is 2.48. The van der Waals surface area contributed by atoms with E-state index in [4.69, 9.17) is 4.74 Å². The van der Waals surface area contributed by atoms with Crippen LogP contribution in [0.3, 0.4) is 0 Å². The molecule has 7 nitrogen and oxygen atoms in total. The molecule has 1 aromatic rings. The molecule has 172 valence electrons. The predicted molar refractivity (Wildman–Crippen MR) is 118 cm³/mol. The third kappa shape index (κ3) is 3.82. The molecule has 0 unspecified atom stereocenters. The van der Waals surface area contributed by atoms with Crippen molar-refractivity contribution in [3.63, 3.8) is 0 Å². The number of amides is 2. The van der Waals surface area contributed by atoms with Crippen molar-refractivity contribution in [3.8, 4) is 5.75 Å². The Bertz CT molecular complexity index is 905. The summed E-state index contributed by atoms with van der Waals surface area (Å²) in [5, 5.41) is 23.5. The van der Waals surface area contributed by atoms with Gasteiger partial charge in [-0.3, -0.25) is 9.59 Å². The first-order valence-corrected chi connectivity index (χ1v) is 12.0. The first-order valence-electron chi connectivity index (χ1n) is 12.0. The zero-order valence-corrected chi connectivity index (χ0v) is 18.3. The summed E-state index contributed by atoms with van der Waals surface area (Å²) in [7, 11) is 0. The van der Waals surface area contributed by atoms with E-state index in [-0.39, 0.29) is 36.9 Å². The van der Waals surface area contributed by atoms with E-state index in [1.54, 1.807) is 6.08 Å². The Hall–Kier alpha value is -2.38. The van der Waals surface area contributed by atoms with Crippen LogP contribution in [0.2, 0.25) is 0 Å². The zero-order chi connectivity index (χ0) is 22.2. The number of hydrogen-bond donors (Lipinski definition) is 3. The lowest BCUT2D eigenvalue weighted by atomic mass is 9.76. The summed E-state index contributed by atoms with van der Waals surface area (Å²) in [6.07, 6.45) is 7.21. The van der Waals surface area contributed by atoms with Crippen molar-refractivity contribution >= 4 is 11.8 Å². The molecular formula is C25H32N2O5. The Kier molecular flexibility index (Phi) is 5.95. The van der Waals surface area contributed by atoms with Crippen LogP contribution in [0.5, 0.6) is 5.75 Å². The second-order valence-electron chi connectivity index (χ2n) is 9.49. The van der Waals surface area contributed by atoms with Crippen LogP contribution < -0.4 is 10.1 Å². The molecule has 32 heavy (non-hydrogen) atoms. The van der Waals surface area contributed by atoms with E-state index in [1.807, 2.05) is 29.2 Å². The van der Waals surface area contributed by atoms with Crippen molar-refractivity contribution in [3.05, 3.63) is 41.5 Å². The number of nitrogens with one attached hydrogen (secondary N) is 1. The highest BCUT2D eigenvalue weighted by molar-refractivity contribution is 5.96. The Morgan fingerprint density at radius 1 is 1.09 bits per heavy atom. The molecule has 4 atom stereocenters. The minimum Gasteiger partial charge on any atom is -0.486 e. The second kappa shape index (κ2) is 8.87. The molecule has 2 saturated carbocycles. The third-order valence-corrected chi connectivity index (χ3v) is 7.35. The van der Waals surface area contributed by atoms with Gasteiger partial charge in [0.25, 0.3) is 0 Å². The van der Waals surface area contributed by atoms with Crippen molar-refractivity contribution in [2.24, 2.45) is 5.92 Å². The van der Waals surface area contributed by atoms with Crippen LogP contribution in [0.1, 0.15) is 56.4 Å². The van der Waals surface area contributed by atoms with Gasteiger partial charge in [0.05, 0.1) is 18.6 Å². The van der Waals surface area contributed by atoms with Gasteiger partial charge in [-0.25, -0.2) is 0 Å². The maximum atomic E-state index is 13.4. The van der Waals surface area contributed by atoms with Crippen LogP contribution in [0.15, 0.2) is 35.9 Å². The van der Waals surface area contributed by atoms with Crippen molar-refractivity contribution in [1.29, 1.82) is 0 Å². The quantitative estimate of drug-likeness (QED) is 0.627. The largest absolute Gasteiger partial charge is 0.486 e. The number of hydrogen-bond acceptors (Lipinski definition) is 5. The minimum absolute atomic E-state index is 0.0311. The summed E-state index contributed by atoms with van der Waals surface area (Å²) in [5.41, 5.74) is 1.38. The van der Waals surface area contributed by atoms with Crippen molar-refractivity contribution in [2.75, 3.05) is 13.2 Å². The van der Waals surface area contributed by atoms with E-state index in [0.29, 0.717) is 11.3 Å².